The van der Waals surface area contributed by atoms with E-state index in [1.165, 1.54) is 0 Å². The van der Waals surface area contributed by atoms with Crippen LogP contribution in [-0.4, -0.2) is 29.8 Å². The van der Waals surface area contributed by atoms with E-state index in [2.05, 4.69) is 0 Å². The van der Waals surface area contributed by atoms with Crippen molar-refractivity contribution >= 4 is 11.6 Å². The molecule has 0 bridgehead atoms. The maximum absolute atomic E-state index is 5.80. The van der Waals surface area contributed by atoms with E-state index in [1.807, 2.05) is 41.5 Å². The third-order valence-electron chi connectivity index (χ3n) is 1.39. The molecule has 2 nitrogen and oxygen atoms in total. The Labute approximate surface area is 92.9 Å². The average Bonchev–Trinajstić information content (AvgIpc) is 1.94. The molecular formula is C11H23ClO2. The van der Waals surface area contributed by atoms with Gasteiger partial charge in [0.2, 0.25) is 0 Å². The van der Waals surface area contributed by atoms with Gasteiger partial charge in [-0.3, -0.25) is 0 Å². The van der Waals surface area contributed by atoms with Crippen LogP contribution in [0.1, 0.15) is 41.5 Å². The smallest absolute Gasteiger partial charge is 0.0950 e. The molecule has 0 N–H and O–H groups in total. The lowest BCUT2D eigenvalue weighted by Gasteiger charge is -2.29. The fourth-order valence-corrected chi connectivity index (χ4v) is 1.11. The quantitative estimate of drug-likeness (QED) is 0.680. The van der Waals surface area contributed by atoms with Crippen molar-refractivity contribution in [1.29, 1.82) is 0 Å². The van der Waals surface area contributed by atoms with Gasteiger partial charge in [0.25, 0.3) is 0 Å². The van der Waals surface area contributed by atoms with E-state index in [0.29, 0.717) is 12.5 Å². The van der Waals surface area contributed by atoms with Gasteiger partial charge >= 0.3 is 0 Å². The van der Waals surface area contributed by atoms with E-state index in [1.54, 1.807) is 0 Å². The predicted octanol–water partition coefficient (Wildman–Crippen LogP) is 3.22. The normalized spacial score (nSPS) is 15.6. The second-order valence-corrected chi connectivity index (χ2v) is 5.74. The molecule has 0 aromatic carbocycles. The van der Waals surface area contributed by atoms with Crippen LogP contribution in [0.4, 0.5) is 0 Å². The monoisotopic (exact) mass is 222 g/mol. The number of ether oxygens (including phenoxy) is 2. The SMILES string of the molecule is CC(C)(C)OCC(CCl)OC(C)(C)C. The predicted molar refractivity (Wildman–Crippen MR) is 61.1 cm³/mol. The molecule has 0 aromatic heterocycles. The molecule has 1 unspecified atom stereocenters. The molecule has 0 rings (SSSR count). The summed E-state index contributed by atoms with van der Waals surface area (Å²) < 4.78 is 11.3. The van der Waals surface area contributed by atoms with E-state index < -0.39 is 0 Å². The Morgan fingerprint density at radius 3 is 1.79 bits per heavy atom. The summed E-state index contributed by atoms with van der Waals surface area (Å²) in [6, 6.07) is 0. The first kappa shape index (κ1) is 14.2. The third kappa shape index (κ3) is 8.79. The number of rotatable bonds is 4. The van der Waals surface area contributed by atoms with Crippen LogP contribution in [-0.2, 0) is 9.47 Å². The number of halogens is 1. The van der Waals surface area contributed by atoms with E-state index in [9.17, 15) is 0 Å². The molecule has 0 aliphatic carbocycles. The highest BCUT2D eigenvalue weighted by Crippen LogP contribution is 2.15. The standard InChI is InChI=1S/C11H23ClO2/c1-10(2,3)13-8-9(7-12)14-11(4,5)6/h9H,7-8H2,1-6H3. The first-order valence-corrected chi connectivity index (χ1v) is 5.55. The summed E-state index contributed by atoms with van der Waals surface area (Å²) in [5.74, 6) is 0.466. The van der Waals surface area contributed by atoms with Crippen LogP contribution in [0.5, 0.6) is 0 Å². The van der Waals surface area contributed by atoms with Crippen molar-refractivity contribution in [3.63, 3.8) is 0 Å². The van der Waals surface area contributed by atoms with Crippen LogP contribution in [0, 0.1) is 0 Å². The van der Waals surface area contributed by atoms with Gasteiger partial charge in [0.1, 0.15) is 0 Å². The van der Waals surface area contributed by atoms with Crippen LogP contribution >= 0.6 is 11.6 Å². The Hall–Kier alpha value is 0.210. The average molecular weight is 223 g/mol. The minimum Gasteiger partial charge on any atom is -0.373 e. The summed E-state index contributed by atoms with van der Waals surface area (Å²) in [6.07, 6.45) is -0.0316. The van der Waals surface area contributed by atoms with Crippen LogP contribution in [0.25, 0.3) is 0 Å². The Balaban J connectivity index is 3.93. The molecule has 1 atom stereocenters. The highest BCUT2D eigenvalue weighted by molar-refractivity contribution is 6.18. The second-order valence-electron chi connectivity index (χ2n) is 5.43. The Morgan fingerprint density at radius 1 is 1.00 bits per heavy atom. The molecule has 0 aliphatic heterocycles. The molecule has 0 amide bonds. The first-order valence-electron chi connectivity index (χ1n) is 5.02. The molecule has 0 saturated carbocycles. The Bertz CT molecular complexity index is 156. The molecule has 0 radical (unpaired) electrons. The zero-order chi connectivity index (χ0) is 11.4. The molecule has 0 heterocycles. The van der Waals surface area contributed by atoms with Crippen molar-refractivity contribution in [3.05, 3.63) is 0 Å². The fraction of sp³-hybridized carbons (Fsp3) is 1.00. The van der Waals surface area contributed by atoms with E-state index in [4.69, 9.17) is 21.1 Å². The summed E-state index contributed by atoms with van der Waals surface area (Å²) in [5, 5.41) is 0. The lowest BCUT2D eigenvalue weighted by Crippen LogP contribution is -2.34. The van der Waals surface area contributed by atoms with Crippen molar-refractivity contribution in [1.82, 2.24) is 0 Å². The summed E-state index contributed by atoms with van der Waals surface area (Å²) in [7, 11) is 0. The van der Waals surface area contributed by atoms with Crippen molar-refractivity contribution in [2.24, 2.45) is 0 Å². The van der Waals surface area contributed by atoms with Crippen LogP contribution < -0.4 is 0 Å². The molecule has 0 aromatic rings. The van der Waals surface area contributed by atoms with Crippen molar-refractivity contribution < 1.29 is 9.47 Å². The molecule has 14 heavy (non-hydrogen) atoms. The van der Waals surface area contributed by atoms with Gasteiger partial charge in [-0.05, 0) is 41.5 Å². The highest BCUT2D eigenvalue weighted by atomic mass is 35.5. The molecule has 0 saturated heterocycles. The van der Waals surface area contributed by atoms with Gasteiger partial charge in [0.05, 0.1) is 29.8 Å². The lowest BCUT2D eigenvalue weighted by molar-refractivity contribution is -0.110. The molecule has 0 fully saturated rings. The largest absolute Gasteiger partial charge is 0.373 e. The molecular weight excluding hydrogens is 200 g/mol. The zero-order valence-electron chi connectivity index (χ0n) is 10.2. The molecule has 3 heteroatoms. The van der Waals surface area contributed by atoms with Gasteiger partial charge in [0.15, 0.2) is 0 Å². The topological polar surface area (TPSA) is 18.5 Å². The van der Waals surface area contributed by atoms with Gasteiger partial charge in [-0.1, -0.05) is 0 Å². The number of alkyl halides is 1. The zero-order valence-corrected chi connectivity index (χ0v) is 10.9. The fourth-order valence-electron chi connectivity index (χ4n) is 0.953. The van der Waals surface area contributed by atoms with Gasteiger partial charge < -0.3 is 9.47 Å². The molecule has 86 valence electrons. The van der Waals surface area contributed by atoms with Crippen LogP contribution in [0.2, 0.25) is 0 Å². The first-order chi connectivity index (χ1) is 6.14. The minimum absolute atomic E-state index is 0.0316. The summed E-state index contributed by atoms with van der Waals surface area (Å²) in [6.45, 7) is 12.7. The lowest BCUT2D eigenvalue weighted by atomic mass is 10.2. The van der Waals surface area contributed by atoms with Crippen LogP contribution in [0.3, 0.4) is 0 Å². The van der Waals surface area contributed by atoms with Crippen LogP contribution in [0.15, 0.2) is 0 Å². The summed E-state index contributed by atoms with van der Waals surface area (Å²) in [4.78, 5) is 0. The highest BCUT2D eigenvalue weighted by Gasteiger charge is 2.20. The maximum Gasteiger partial charge on any atom is 0.0950 e. The number of hydrogen-bond donors (Lipinski definition) is 0. The summed E-state index contributed by atoms with van der Waals surface area (Å²) >= 11 is 5.80. The summed E-state index contributed by atoms with van der Waals surface area (Å²) in [5.41, 5.74) is -0.299. The van der Waals surface area contributed by atoms with Gasteiger partial charge in [0, 0.05) is 0 Å². The molecule has 0 spiro atoms. The van der Waals surface area contributed by atoms with Crippen molar-refractivity contribution in [2.75, 3.05) is 12.5 Å². The maximum atomic E-state index is 5.80. The Morgan fingerprint density at radius 2 is 1.50 bits per heavy atom. The van der Waals surface area contributed by atoms with Crippen molar-refractivity contribution in [2.45, 2.75) is 58.8 Å². The van der Waals surface area contributed by atoms with E-state index in [-0.39, 0.29) is 17.3 Å². The third-order valence-corrected chi connectivity index (χ3v) is 1.74. The Kier molecular flexibility index (Phi) is 5.42. The number of hydrogen-bond acceptors (Lipinski definition) is 2. The van der Waals surface area contributed by atoms with Gasteiger partial charge in [-0.2, -0.15) is 0 Å². The van der Waals surface area contributed by atoms with Gasteiger partial charge in [-0.15, -0.1) is 11.6 Å². The van der Waals surface area contributed by atoms with Crippen molar-refractivity contribution in [3.8, 4) is 0 Å². The molecule has 0 aliphatic rings. The second kappa shape index (κ2) is 5.34. The van der Waals surface area contributed by atoms with E-state index in [0.717, 1.165) is 0 Å². The minimum atomic E-state index is -0.166. The van der Waals surface area contributed by atoms with E-state index >= 15 is 0 Å². The van der Waals surface area contributed by atoms with Gasteiger partial charge in [-0.25, -0.2) is 0 Å².